The molecule has 0 saturated carbocycles. The third kappa shape index (κ3) is 7.40. The minimum absolute atomic E-state index is 0.0529. The second-order valence-electron chi connectivity index (χ2n) is 8.66. The monoisotopic (exact) mass is 625 g/mol. The largest absolute Gasteiger partial charge is 0.492 e. The molecule has 2 amide bonds. The van der Waals surface area contributed by atoms with Crippen LogP contribution in [-0.4, -0.2) is 51.4 Å². The summed E-state index contributed by atoms with van der Waals surface area (Å²) in [6.45, 7) is 3.13. The summed E-state index contributed by atoms with van der Waals surface area (Å²) in [7, 11) is -2.81. The lowest BCUT2D eigenvalue weighted by Crippen LogP contribution is -2.51. The van der Waals surface area contributed by atoms with Gasteiger partial charge < -0.3 is 15.0 Å². The Morgan fingerprint density at radius 2 is 1.60 bits per heavy atom. The summed E-state index contributed by atoms with van der Waals surface area (Å²) >= 11 is 18.5. The molecule has 0 bridgehead atoms. The lowest BCUT2D eigenvalue weighted by atomic mass is 10.1. The Labute approximate surface area is 249 Å². The number of ether oxygens (including phenoxy) is 1. The van der Waals surface area contributed by atoms with Crippen molar-refractivity contribution >= 4 is 62.3 Å². The molecule has 3 aromatic carbocycles. The smallest absolute Gasteiger partial charge is 0.264 e. The summed E-state index contributed by atoms with van der Waals surface area (Å²) in [5, 5.41) is 3.67. The first-order valence-corrected chi connectivity index (χ1v) is 15.1. The summed E-state index contributed by atoms with van der Waals surface area (Å²) < 4.78 is 34.7. The number of halogens is 3. The van der Waals surface area contributed by atoms with Crippen molar-refractivity contribution in [1.82, 2.24) is 10.2 Å². The normalized spacial score (nSPS) is 11.9. The second-order valence-corrected chi connectivity index (χ2v) is 11.8. The molecule has 12 heteroatoms. The molecule has 0 aliphatic heterocycles. The van der Waals surface area contributed by atoms with Crippen LogP contribution < -0.4 is 14.4 Å². The van der Waals surface area contributed by atoms with E-state index in [1.54, 1.807) is 50.2 Å². The zero-order chi connectivity index (χ0) is 29.4. The van der Waals surface area contributed by atoms with E-state index in [-0.39, 0.29) is 35.9 Å². The average Bonchev–Trinajstić information content (AvgIpc) is 2.93. The number of nitrogens with zero attached hydrogens (tertiary/aromatic N) is 2. The molecule has 0 heterocycles. The minimum Gasteiger partial charge on any atom is -0.492 e. The number of hydrogen-bond donors (Lipinski definition) is 1. The second kappa shape index (κ2) is 14.1. The number of anilines is 1. The average molecular weight is 627 g/mol. The number of benzene rings is 3. The van der Waals surface area contributed by atoms with Crippen LogP contribution in [0.2, 0.25) is 15.1 Å². The number of hydrogen-bond acceptors (Lipinski definition) is 5. The maximum atomic E-state index is 14.0. The van der Waals surface area contributed by atoms with E-state index < -0.39 is 34.4 Å². The van der Waals surface area contributed by atoms with Crippen molar-refractivity contribution in [2.45, 2.75) is 37.8 Å². The van der Waals surface area contributed by atoms with Crippen molar-refractivity contribution in [3.8, 4) is 5.75 Å². The van der Waals surface area contributed by atoms with Gasteiger partial charge in [0, 0.05) is 28.7 Å². The van der Waals surface area contributed by atoms with Gasteiger partial charge in [-0.25, -0.2) is 8.42 Å². The SMILES string of the molecule is CCOc1ccccc1N(CC(=O)N(Cc1ccc(Cl)cc1Cl)C(CC)C(=O)NC)S(=O)(=O)c1ccc(Cl)cc1. The summed E-state index contributed by atoms with van der Waals surface area (Å²) in [5.41, 5.74) is 0.716. The molecule has 40 heavy (non-hydrogen) atoms. The van der Waals surface area contributed by atoms with Gasteiger partial charge >= 0.3 is 0 Å². The van der Waals surface area contributed by atoms with Crippen molar-refractivity contribution in [2.24, 2.45) is 0 Å². The van der Waals surface area contributed by atoms with E-state index in [1.807, 2.05) is 0 Å². The first-order valence-electron chi connectivity index (χ1n) is 12.5. The number of amides is 2. The Morgan fingerprint density at radius 1 is 0.950 bits per heavy atom. The number of carbonyl (C=O) groups excluding carboxylic acids is 2. The Kier molecular flexibility index (Phi) is 11.1. The molecule has 1 N–H and O–H groups in total. The van der Waals surface area contributed by atoms with Crippen molar-refractivity contribution in [1.29, 1.82) is 0 Å². The molecular formula is C28H30Cl3N3O5S. The van der Waals surface area contributed by atoms with Crippen LogP contribution in [0.1, 0.15) is 25.8 Å². The van der Waals surface area contributed by atoms with E-state index in [1.165, 1.54) is 42.3 Å². The van der Waals surface area contributed by atoms with Crippen LogP contribution >= 0.6 is 34.8 Å². The van der Waals surface area contributed by atoms with Crippen molar-refractivity contribution in [3.05, 3.63) is 87.4 Å². The van der Waals surface area contributed by atoms with Crippen LogP contribution in [0, 0.1) is 0 Å². The van der Waals surface area contributed by atoms with Crippen LogP contribution in [0.5, 0.6) is 5.75 Å². The van der Waals surface area contributed by atoms with E-state index >= 15 is 0 Å². The molecule has 3 rings (SSSR count). The highest BCUT2D eigenvalue weighted by Crippen LogP contribution is 2.33. The first-order chi connectivity index (χ1) is 19.0. The zero-order valence-corrected chi connectivity index (χ0v) is 25.3. The minimum atomic E-state index is -4.28. The van der Waals surface area contributed by atoms with Gasteiger partial charge in [-0.3, -0.25) is 13.9 Å². The number of rotatable bonds is 12. The van der Waals surface area contributed by atoms with Crippen LogP contribution in [0.4, 0.5) is 5.69 Å². The molecule has 0 aromatic heterocycles. The van der Waals surface area contributed by atoms with Gasteiger partial charge in [-0.05, 0) is 67.4 Å². The Bertz CT molecular complexity index is 1450. The van der Waals surface area contributed by atoms with Crippen LogP contribution in [0.3, 0.4) is 0 Å². The lowest BCUT2D eigenvalue weighted by molar-refractivity contribution is -0.140. The van der Waals surface area contributed by atoms with Gasteiger partial charge in [0.25, 0.3) is 10.0 Å². The molecule has 0 aliphatic carbocycles. The van der Waals surface area contributed by atoms with Gasteiger partial charge in [-0.15, -0.1) is 0 Å². The molecule has 0 radical (unpaired) electrons. The molecule has 1 unspecified atom stereocenters. The third-order valence-corrected chi connectivity index (χ3v) is 8.72. The first kappa shape index (κ1) is 31.5. The number of sulfonamides is 1. The molecule has 8 nitrogen and oxygen atoms in total. The third-order valence-electron chi connectivity index (χ3n) is 6.10. The van der Waals surface area contributed by atoms with E-state index in [2.05, 4.69) is 5.32 Å². The fraction of sp³-hybridized carbons (Fsp3) is 0.286. The maximum Gasteiger partial charge on any atom is 0.264 e. The number of nitrogens with one attached hydrogen (secondary N) is 1. The maximum absolute atomic E-state index is 14.0. The molecular weight excluding hydrogens is 597 g/mol. The number of para-hydroxylation sites is 2. The van der Waals surface area contributed by atoms with Gasteiger partial charge in [0.15, 0.2) is 0 Å². The fourth-order valence-electron chi connectivity index (χ4n) is 4.11. The molecule has 3 aromatic rings. The Hall–Kier alpha value is -2.98. The van der Waals surface area contributed by atoms with E-state index in [0.717, 1.165) is 4.31 Å². The van der Waals surface area contributed by atoms with E-state index in [9.17, 15) is 18.0 Å². The van der Waals surface area contributed by atoms with E-state index in [0.29, 0.717) is 20.6 Å². The van der Waals surface area contributed by atoms with Gasteiger partial charge in [-0.2, -0.15) is 0 Å². The van der Waals surface area contributed by atoms with Crippen LogP contribution in [0.25, 0.3) is 0 Å². The van der Waals surface area contributed by atoms with Crippen molar-refractivity contribution < 1.29 is 22.7 Å². The summed E-state index contributed by atoms with van der Waals surface area (Å²) in [6, 6.07) is 16.1. The summed E-state index contributed by atoms with van der Waals surface area (Å²) in [5.74, 6) is -0.742. The highest BCUT2D eigenvalue weighted by molar-refractivity contribution is 7.92. The predicted octanol–water partition coefficient (Wildman–Crippen LogP) is 5.79. The fourth-order valence-corrected chi connectivity index (χ4v) is 6.13. The molecule has 0 aliphatic rings. The number of carbonyl (C=O) groups is 2. The summed E-state index contributed by atoms with van der Waals surface area (Å²) in [6.07, 6.45) is 0.274. The number of likely N-dealkylation sites (N-methyl/N-ethyl adjacent to an activating group) is 1. The van der Waals surface area contributed by atoms with Crippen LogP contribution in [0.15, 0.2) is 71.6 Å². The Morgan fingerprint density at radius 3 is 2.20 bits per heavy atom. The van der Waals surface area contributed by atoms with Crippen LogP contribution in [-0.2, 0) is 26.2 Å². The quantitative estimate of drug-likeness (QED) is 0.274. The topological polar surface area (TPSA) is 96.0 Å². The van der Waals surface area contributed by atoms with Gasteiger partial charge in [-0.1, -0.05) is 59.9 Å². The lowest BCUT2D eigenvalue weighted by Gasteiger charge is -2.33. The summed E-state index contributed by atoms with van der Waals surface area (Å²) in [4.78, 5) is 28.1. The van der Waals surface area contributed by atoms with Crippen molar-refractivity contribution in [2.75, 3.05) is 24.5 Å². The highest BCUT2D eigenvalue weighted by atomic mass is 35.5. The highest BCUT2D eigenvalue weighted by Gasteiger charge is 2.34. The molecule has 0 spiro atoms. The van der Waals surface area contributed by atoms with Gasteiger partial charge in [0.1, 0.15) is 18.3 Å². The molecule has 0 fully saturated rings. The van der Waals surface area contributed by atoms with Crippen molar-refractivity contribution in [3.63, 3.8) is 0 Å². The Balaban J connectivity index is 2.13. The molecule has 0 saturated heterocycles. The predicted molar refractivity (Wildman–Crippen MR) is 159 cm³/mol. The van der Waals surface area contributed by atoms with Gasteiger partial charge in [0.05, 0.1) is 17.2 Å². The zero-order valence-electron chi connectivity index (χ0n) is 22.2. The molecule has 1 atom stereocenters. The standard InChI is InChI=1S/C28H30Cl3N3O5S/c1-4-24(28(36)32-3)33(17-19-10-11-21(30)16-23(19)31)27(35)18-34(25-8-6-7-9-26(25)39-5-2)40(37,38)22-14-12-20(29)13-15-22/h6-16,24H,4-5,17-18H2,1-3H3,(H,32,36). The molecule has 214 valence electrons. The van der Waals surface area contributed by atoms with Gasteiger partial charge in [0.2, 0.25) is 11.8 Å². The van der Waals surface area contributed by atoms with E-state index in [4.69, 9.17) is 39.5 Å².